The van der Waals surface area contributed by atoms with Crippen LogP contribution in [0.3, 0.4) is 0 Å². The Morgan fingerprint density at radius 3 is 0.489 bits per heavy atom. The van der Waals surface area contributed by atoms with Crippen LogP contribution in [-0.4, -0.2) is 0 Å². The van der Waals surface area contributed by atoms with E-state index in [1.54, 1.807) is 0 Å². The topological polar surface area (TPSA) is 6.48 Å². The van der Waals surface area contributed by atoms with E-state index >= 15 is 0 Å². The normalized spacial score (nSPS) is 14.3. The van der Waals surface area contributed by atoms with Gasteiger partial charge >= 0.3 is 0 Å². The molecule has 2 spiro atoms. The number of benzene rings is 22. The van der Waals surface area contributed by atoms with Gasteiger partial charge < -0.3 is 9.80 Å². The molecule has 0 aliphatic heterocycles. The highest BCUT2D eigenvalue weighted by atomic mass is 15.2. The number of hydrogen-bond acceptors (Lipinski definition) is 2. The molecule has 0 saturated heterocycles. The Hall–Kier alpha value is -17.6. The van der Waals surface area contributed by atoms with E-state index in [9.17, 15) is 0 Å². The van der Waals surface area contributed by atoms with Gasteiger partial charge in [-0.25, -0.2) is 0 Å². The Labute approximate surface area is 811 Å². The molecule has 29 rings (SSSR count). The largest absolute Gasteiger partial charge is 0.310 e. The summed E-state index contributed by atoms with van der Waals surface area (Å²) in [5, 5.41) is 0. The summed E-state index contributed by atoms with van der Waals surface area (Å²) in [7, 11) is 0. The van der Waals surface area contributed by atoms with Gasteiger partial charge in [0.1, 0.15) is 0 Å². The Morgan fingerprint density at radius 2 is 0.266 bits per heavy atom. The summed E-state index contributed by atoms with van der Waals surface area (Å²) in [5.74, 6) is 0. The summed E-state index contributed by atoms with van der Waals surface area (Å²) < 4.78 is 0. The third kappa shape index (κ3) is 11.1. The minimum absolute atomic E-state index is 0.458. The van der Waals surface area contributed by atoms with E-state index in [2.05, 4.69) is 556 Å². The molecule has 0 atom stereocenters. The minimum Gasteiger partial charge on any atom is -0.310 e. The Kier molecular flexibility index (Phi) is 18.0. The number of hydrogen-bond donors (Lipinski definition) is 0. The van der Waals surface area contributed by atoms with Gasteiger partial charge in [-0.2, -0.15) is 0 Å². The summed E-state index contributed by atoms with van der Waals surface area (Å²) in [6.07, 6.45) is 0. The van der Waals surface area contributed by atoms with Crippen LogP contribution in [0.5, 0.6) is 0 Å². The zero-order chi connectivity index (χ0) is 91.5. The maximum absolute atomic E-state index is 2.55. The molecule has 0 aromatic heterocycles. The zero-order valence-electron chi connectivity index (χ0n) is 76.4. The highest BCUT2D eigenvalue weighted by Gasteiger charge is 2.56. The van der Waals surface area contributed by atoms with Gasteiger partial charge in [0.05, 0.1) is 32.8 Å². The molecular formula is C137H90N2. The summed E-state index contributed by atoms with van der Waals surface area (Å²) in [6.45, 7) is 0. The first kappa shape index (κ1) is 79.9. The van der Waals surface area contributed by atoms with Crippen molar-refractivity contribution < 1.29 is 0 Å². The summed E-state index contributed by atoms with van der Waals surface area (Å²) in [4.78, 5) is 5.09. The molecule has 648 valence electrons. The Bertz CT molecular complexity index is 7830. The maximum atomic E-state index is 2.55. The molecule has 0 radical (unpaired) electrons. The Morgan fingerprint density at radius 1 is 0.108 bits per heavy atom. The smallest absolute Gasteiger partial charge is 0.0726 e. The minimum atomic E-state index is -0.583. The van der Waals surface area contributed by atoms with Crippen molar-refractivity contribution in [2.75, 3.05) is 9.80 Å². The van der Waals surface area contributed by atoms with Gasteiger partial charge in [0.2, 0.25) is 0 Å². The molecular weight excluding hydrogens is 1670 g/mol. The van der Waals surface area contributed by atoms with Gasteiger partial charge in [-0.1, -0.05) is 479 Å². The first-order valence-corrected chi connectivity index (χ1v) is 48.7. The number of nitrogens with zero attached hydrogens (tertiary/aromatic N) is 2. The zero-order valence-corrected chi connectivity index (χ0v) is 76.4. The molecule has 7 aliphatic rings. The lowest BCUT2D eigenvalue weighted by molar-refractivity contribution is 0.766. The molecule has 139 heavy (non-hydrogen) atoms. The van der Waals surface area contributed by atoms with E-state index in [1.165, 1.54) is 200 Å². The van der Waals surface area contributed by atoms with Crippen LogP contribution < -0.4 is 9.80 Å². The van der Waals surface area contributed by atoms with Crippen LogP contribution in [0.25, 0.3) is 89.0 Å². The molecule has 0 saturated carbocycles. The summed E-state index contributed by atoms with van der Waals surface area (Å²) in [5.41, 5.74) is 50.2. The molecule has 0 unspecified atom stereocenters. The SMILES string of the molecule is c1ccc(-c2ccccc2N(c2ccc3c(c2)C2(c4ccccc4-c4ccccc42)c2ccccc2-3)c2ccc3c(c2)C2(c4ccccc4-c4ccccc42)c2ccccc2-3)cc1.c1ccc(C2(c3ccccc3)c3ccccc3-c3ccc(N(c4ccc5c(c4)C(c4ccccc4)(c4ccccc4)c4ccccc4-5)c4ccc5c(c4)C(c4ccccc4)(c4ccccc4)c4ccccc4-5)cc32)cc1. The van der Waals surface area contributed by atoms with E-state index in [4.69, 9.17) is 0 Å². The van der Waals surface area contributed by atoms with Crippen molar-refractivity contribution in [3.8, 4) is 89.0 Å². The van der Waals surface area contributed by atoms with Gasteiger partial charge in [0.15, 0.2) is 0 Å². The van der Waals surface area contributed by atoms with Gasteiger partial charge in [-0.15, -0.1) is 0 Å². The quantitative estimate of drug-likeness (QED) is 0.114. The molecule has 2 heteroatoms. The van der Waals surface area contributed by atoms with Crippen molar-refractivity contribution >= 4 is 34.1 Å². The fourth-order valence-corrected chi connectivity index (χ4v) is 26.6. The lowest BCUT2D eigenvalue weighted by Gasteiger charge is -2.36. The van der Waals surface area contributed by atoms with Gasteiger partial charge in [0.25, 0.3) is 0 Å². The molecule has 0 N–H and O–H groups in total. The predicted octanol–water partition coefficient (Wildman–Crippen LogP) is 33.8. The number of para-hydroxylation sites is 1. The Balaban J connectivity index is 0.000000139. The van der Waals surface area contributed by atoms with Crippen LogP contribution in [0.15, 0.2) is 546 Å². The van der Waals surface area contributed by atoms with E-state index < -0.39 is 27.1 Å². The average molecular weight is 1760 g/mol. The van der Waals surface area contributed by atoms with Crippen molar-refractivity contribution in [1.29, 1.82) is 0 Å². The van der Waals surface area contributed by atoms with E-state index in [0.29, 0.717) is 0 Å². The molecule has 7 aliphatic carbocycles. The first-order chi connectivity index (χ1) is 69.0. The molecule has 2 nitrogen and oxygen atoms in total. The second-order valence-electron chi connectivity index (χ2n) is 38.1. The number of fused-ring (bicyclic) bond motifs is 29. The van der Waals surface area contributed by atoms with Crippen molar-refractivity contribution in [1.82, 2.24) is 0 Å². The highest BCUT2D eigenvalue weighted by Crippen LogP contribution is 2.68. The molecule has 0 amide bonds. The summed E-state index contributed by atoms with van der Waals surface area (Å²) >= 11 is 0. The number of anilines is 6. The second kappa shape index (κ2) is 31.3. The highest BCUT2D eigenvalue weighted by molar-refractivity contribution is 6.02. The molecule has 0 heterocycles. The van der Waals surface area contributed by atoms with Gasteiger partial charge in [0, 0.05) is 34.0 Å². The fourth-order valence-electron chi connectivity index (χ4n) is 26.6. The molecule has 22 aromatic carbocycles. The molecule has 0 bridgehead atoms. The van der Waals surface area contributed by atoms with Gasteiger partial charge in [-0.3, -0.25) is 0 Å². The third-order valence-corrected chi connectivity index (χ3v) is 31.8. The van der Waals surface area contributed by atoms with E-state index in [0.717, 1.165) is 34.1 Å². The van der Waals surface area contributed by atoms with Crippen LogP contribution in [-0.2, 0) is 27.1 Å². The first-order valence-electron chi connectivity index (χ1n) is 48.7. The van der Waals surface area contributed by atoms with Crippen LogP contribution in [0.1, 0.15) is 111 Å². The number of rotatable bonds is 13. The maximum Gasteiger partial charge on any atom is 0.0726 e. The average Bonchev–Trinajstić information content (AvgIpc) is 1.51. The van der Waals surface area contributed by atoms with Crippen LogP contribution in [0, 0.1) is 0 Å². The fraction of sp³-hybridized carbons (Fsp3) is 0.0365. The lowest BCUT2D eigenvalue weighted by Crippen LogP contribution is -2.29. The van der Waals surface area contributed by atoms with Crippen molar-refractivity contribution in [2.45, 2.75) is 27.1 Å². The molecule has 22 aromatic rings. The summed E-state index contributed by atoms with van der Waals surface area (Å²) in [6, 6.07) is 205. The van der Waals surface area contributed by atoms with Crippen molar-refractivity contribution in [2.24, 2.45) is 0 Å². The van der Waals surface area contributed by atoms with Crippen LogP contribution in [0.2, 0.25) is 0 Å². The molecule has 0 fully saturated rings. The standard InChI is InChI=1S/C75H51N.C62H39N/c1-7-25-52(26-8-1)73(53-27-9-2-10-28-53)67-40-22-19-37-61(67)64-46-43-58(49-70(64)73)76(59-44-47-65-62-38-20-23-41-68(62)74(71(65)50-59,54-29-11-3-12-30-54)55-31-13-4-14-32-55)60-45-48-66-63-39-21-24-42-69(63)75(72(66)51-60,56-33-15-5-16-34-56)57-35-17-6-18-36-57;1-2-18-40(19-3-1)43-20-10-17-33-60(43)63(41-34-36-50-48-25-8-15-31-56(48)61(58(50)38-41)52-27-11-4-21-44(52)45-22-5-12-28-53(45)61)42-35-37-51-49-26-9-16-32-57(49)62(59(51)39-42)54-29-13-6-23-46(54)47-24-7-14-30-55(47)62/h1-51H;1-39H. The van der Waals surface area contributed by atoms with E-state index in [-0.39, 0.29) is 0 Å². The van der Waals surface area contributed by atoms with Crippen molar-refractivity contribution in [3.05, 3.63) is 657 Å². The second-order valence-corrected chi connectivity index (χ2v) is 38.1. The monoisotopic (exact) mass is 1760 g/mol. The third-order valence-electron chi connectivity index (χ3n) is 31.8. The van der Waals surface area contributed by atoms with Gasteiger partial charge in [-0.05, 0) is 261 Å². The van der Waals surface area contributed by atoms with Crippen molar-refractivity contribution in [3.63, 3.8) is 0 Å². The van der Waals surface area contributed by atoms with Crippen LogP contribution in [0.4, 0.5) is 34.1 Å². The van der Waals surface area contributed by atoms with Crippen LogP contribution >= 0.6 is 0 Å². The lowest BCUT2D eigenvalue weighted by atomic mass is 9.67. The predicted molar refractivity (Wildman–Crippen MR) is 572 cm³/mol. The van der Waals surface area contributed by atoms with E-state index in [1.807, 2.05) is 0 Å².